The van der Waals surface area contributed by atoms with Gasteiger partial charge in [0.15, 0.2) is 5.70 Å². The molecule has 5 heteroatoms. The molecule has 122 valence electrons. The molecule has 0 bridgehead atoms. The van der Waals surface area contributed by atoms with Crippen molar-refractivity contribution in [1.82, 2.24) is 0 Å². The summed E-state index contributed by atoms with van der Waals surface area (Å²) in [6.45, 7) is 0. The minimum Gasteiger partial charge on any atom is -0.457 e. The third-order valence-electron chi connectivity index (χ3n) is 3.68. The molecule has 4 rings (SSSR count). The normalized spacial score (nSPS) is 15.3. The van der Waals surface area contributed by atoms with Gasteiger partial charge in [0.05, 0.1) is 0 Å². The number of carbonyl (C=O) groups is 1. The zero-order chi connectivity index (χ0) is 17.2. The molecule has 2 heterocycles. The second-order valence-corrected chi connectivity index (χ2v) is 6.33. The van der Waals surface area contributed by atoms with Gasteiger partial charge < -0.3 is 9.15 Å². The molecule has 0 aliphatic carbocycles. The van der Waals surface area contributed by atoms with Crippen molar-refractivity contribution in [1.29, 1.82) is 0 Å². The molecular formula is C20H12BrNO3. The Hall–Kier alpha value is -2.92. The number of carbonyl (C=O) groups excluding carboxylic acids is 1. The molecule has 0 atom stereocenters. The molecule has 0 fully saturated rings. The number of nitrogens with zero attached hydrogens (tertiary/aromatic N) is 1. The molecule has 25 heavy (non-hydrogen) atoms. The summed E-state index contributed by atoms with van der Waals surface area (Å²) >= 11 is 3.41. The Morgan fingerprint density at radius 3 is 2.40 bits per heavy atom. The maximum atomic E-state index is 12.0. The van der Waals surface area contributed by atoms with Crippen LogP contribution >= 0.6 is 15.9 Å². The number of cyclic esters (lactones) is 1. The second-order valence-electron chi connectivity index (χ2n) is 5.41. The van der Waals surface area contributed by atoms with E-state index in [0.717, 1.165) is 21.4 Å². The first-order chi connectivity index (χ1) is 12.2. The highest BCUT2D eigenvalue weighted by Crippen LogP contribution is 2.26. The van der Waals surface area contributed by atoms with Gasteiger partial charge in [0.2, 0.25) is 5.90 Å². The third-order valence-corrected chi connectivity index (χ3v) is 4.20. The minimum atomic E-state index is -0.486. The van der Waals surface area contributed by atoms with Crippen molar-refractivity contribution < 1.29 is 13.9 Å². The first-order valence-corrected chi connectivity index (χ1v) is 8.42. The smallest absolute Gasteiger partial charge is 0.363 e. The highest BCUT2D eigenvalue weighted by molar-refractivity contribution is 9.10. The van der Waals surface area contributed by atoms with Crippen molar-refractivity contribution in [3.8, 4) is 11.3 Å². The van der Waals surface area contributed by atoms with Crippen LogP contribution in [0, 0.1) is 0 Å². The average Bonchev–Trinajstić information content (AvgIpc) is 3.24. The molecule has 1 aliphatic rings. The molecule has 0 saturated heterocycles. The monoisotopic (exact) mass is 393 g/mol. The Kier molecular flexibility index (Phi) is 4.07. The molecule has 0 unspecified atom stereocenters. The van der Waals surface area contributed by atoms with Crippen LogP contribution in [-0.4, -0.2) is 11.9 Å². The van der Waals surface area contributed by atoms with E-state index < -0.39 is 5.97 Å². The number of halogens is 1. The van der Waals surface area contributed by atoms with E-state index in [2.05, 4.69) is 20.9 Å². The van der Waals surface area contributed by atoms with E-state index in [-0.39, 0.29) is 5.70 Å². The molecule has 1 aliphatic heterocycles. The van der Waals surface area contributed by atoms with E-state index in [1.54, 1.807) is 12.1 Å². The summed E-state index contributed by atoms with van der Waals surface area (Å²) in [6.07, 6.45) is 1.58. The Balaban J connectivity index is 1.62. The molecule has 0 amide bonds. The summed E-state index contributed by atoms with van der Waals surface area (Å²) in [5.41, 5.74) is 1.93. The number of furan rings is 1. The SMILES string of the molecule is O=C1OC(c2ccccc2)=NC1=Cc1ccc(-c2ccc(Br)cc2)o1. The van der Waals surface area contributed by atoms with Gasteiger partial charge >= 0.3 is 5.97 Å². The van der Waals surface area contributed by atoms with Crippen LogP contribution in [0.1, 0.15) is 11.3 Å². The molecule has 4 nitrogen and oxygen atoms in total. The molecule has 0 saturated carbocycles. The van der Waals surface area contributed by atoms with Gasteiger partial charge in [-0.05, 0) is 36.4 Å². The minimum absolute atomic E-state index is 0.218. The maximum absolute atomic E-state index is 12.0. The predicted molar refractivity (Wildman–Crippen MR) is 98.9 cm³/mol. The number of hydrogen-bond donors (Lipinski definition) is 0. The topological polar surface area (TPSA) is 51.8 Å². The molecular weight excluding hydrogens is 382 g/mol. The number of rotatable bonds is 3. The first kappa shape index (κ1) is 15.6. The van der Waals surface area contributed by atoms with Crippen LogP contribution < -0.4 is 0 Å². The largest absolute Gasteiger partial charge is 0.457 e. The maximum Gasteiger partial charge on any atom is 0.363 e. The van der Waals surface area contributed by atoms with Gasteiger partial charge in [0.25, 0.3) is 0 Å². The van der Waals surface area contributed by atoms with E-state index in [9.17, 15) is 4.79 Å². The lowest BCUT2D eigenvalue weighted by Gasteiger charge is -1.97. The average molecular weight is 394 g/mol. The Morgan fingerprint density at radius 2 is 1.64 bits per heavy atom. The number of esters is 1. The molecule has 3 aromatic rings. The number of hydrogen-bond acceptors (Lipinski definition) is 4. The zero-order valence-corrected chi connectivity index (χ0v) is 14.6. The fourth-order valence-electron chi connectivity index (χ4n) is 2.45. The van der Waals surface area contributed by atoms with Crippen LogP contribution in [0.25, 0.3) is 17.4 Å². The number of ether oxygens (including phenoxy) is 1. The summed E-state index contributed by atoms with van der Waals surface area (Å²) < 4.78 is 12.0. The van der Waals surface area contributed by atoms with Gasteiger partial charge in [-0.2, -0.15) is 0 Å². The molecule has 0 N–H and O–H groups in total. The lowest BCUT2D eigenvalue weighted by molar-refractivity contribution is -0.129. The summed E-state index contributed by atoms with van der Waals surface area (Å²) in [5.74, 6) is 1.08. The zero-order valence-electron chi connectivity index (χ0n) is 13.0. The van der Waals surface area contributed by atoms with Crippen LogP contribution in [0.15, 0.2) is 86.3 Å². The fraction of sp³-hybridized carbons (Fsp3) is 0. The highest BCUT2D eigenvalue weighted by Gasteiger charge is 2.24. The Bertz CT molecular complexity index is 985. The van der Waals surface area contributed by atoms with Crippen molar-refractivity contribution in [2.24, 2.45) is 4.99 Å². The quantitative estimate of drug-likeness (QED) is 0.461. The van der Waals surface area contributed by atoms with Crippen molar-refractivity contribution >= 4 is 33.9 Å². The lowest BCUT2D eigenvalue weighted by Crippen LogP contribution is -2.04. The van der Waals surface area contributed by atoms with Crippen LogP contribution in [0.3, 0.4) is 0 Å². The molecule has 1 aromatic heterocycles. The van der Waals surface area contributed by atoms with E-state index in [4.69, 9.17) is 9.15 Å². The second kappa shape index (κ2) is 6.53. The van der Waals surface area contributed by atoms with E-state index in [1.807, 2.05) is 60.7 Å². The Morgan fingerprint density at radius 1 is 0.880 bits per heavy atom. The summed E-state index contributed by atoms with van der Waals surface area (Å²) in [6, 6.07) is 20.8. The van der Waals surface area contributed by atoms with Crippen LogP contribution in [0.4, 0.5) is 0 Å². The van der Waals surface area contributed by atoms with E-state index in [0.29, 0.717) is 11.7 Å². The van der Waals surface area contributed by atoms with Crippen LogP contribution in [0.2, 0.25) is 0 Å². The summed E-state index contributed by atoms with van der Waals surface area (Å²) in [7, 11) is 0. The standard InChI is InChI=1S/C20H12BrNO3/c21-15-8-6-13(7-9-15)18-11-10-16(24-18)12-17-20(23)25-19(22-17)14-4-2-1-3-5-14/h1-12H. The van der Waals surface area contributed by atoms with E-state index in [1.165, 1.54) is 0 Å². The Labute approximate surface area is 152 Å². The van der Waals surface area contributed by atoms with Gasteiger partial charge in [-0.25, -0.2) is 9.79 Å². The van der Waals surface area contributed by atoms with Gasteiger partial charge in [-0.15, -0.1) is 0 Å². The van der Waals surface area contributed by atoms with Gasteiger partial charge in [-0.3, -0.25) is 0 Å². The van der Waals surface area contributed by atoms with Gasteiger partial charge in [-0.1, -0.05) is 46.3 Å². The van der Waals surface area contributed by atoms with Crippen molar-refractivity contribution in [2.45, 2.75) is 0 Å². The first-order valence-electron chi connectivity index (χ1n) is 7.63. The third kappa shape index (κ3) is 3.32. The van der Waals surface area contributed by atoms with Crippen molar-refractivity contribution in [3.05, 3.63) is 88.2 Å². The molecule has 0 radical (unpaired) electrons. The molecule has 2 aromatic carbocycles. The van der Waals surface area contributed by atoms with Gasteiger partial charge in [0, 0.05) is 21.7 Å². The number of aliphatic imine (C=N–C) groups is 1. The van der Waals surface area contributed by atoms with E-state index >= 15 is 0 Å². The molecule has 0 spiro atoms. The fourth-order valence-corrected chi connectivity index (χ4v) is 2.71. The summed E-state index contributed by atoms with van der Waals surface area (Å²) in [5, 5.41) is 0. The number of benzene rings is 2. The lowest BCUT2D eigenvalue weighted by atomic mass is 10.2. The highest BCUT2D eigenvalue weighted by atomic mass is 79.9. The van der Waals surface area contributed by atoms with Crippen molar-refractivity contribution in [3.63, 3.8) is 0 Å². The van der Waals surface area contributed by atoms with Crippen molar-refractivity contribution in [2.75, 3.05) is 0 Å². The van der Waals surface area contributed by atoms with Gasteiger partial charge in [0.1, 0.15) is 11.5 Å². The predicted octanol–water partition coefficient (Wildman–Crippen LogP) is 5.05. The van der Waals surface area contributed by atoms with Crippen LogP contribution in [0.5, 0.6) is 0 Å². The van der Waals surface area contributed by atoms with Crippen LogP contribution in [-0.2, 0) is 9.53 Å². The summed E-state index contributed by atoms with van der Waals surface area (Å²) in [4.78, 5) is 16.3.